The first-order chi connectivity index (χ1) is 7.83. The fourth-order valence-electron chi connectivity index (χ4n) is 1.76. The van der Waals surface area contributed by atoms with Crippen molar-refractivity contribution >= 4 is 10.9 Å². The van der Waals surface area contributed by atoms with Gasteiger partial charge in [0.1, 0.15) is 0 Å². The third-order valence-electron chi connectivity index (χ3n) is 2.54. The maximum atomic E-state index is 4.50. The Balaban J connectivity index is 2.19. The molecule has 3 rings (SSSR count). The lowest BCUT2D eigenvalue weighted by Gasteiger charge is -2.00. The zero-order valence-corrected chi connectivity index (χ0v) is 8.96. The number of aryl methyl sites for hydroxylation is 1. The van der Waals surface area contributed by atoms with Crippen molar-refractivity contribution in [2.75, 3.05) is 0 Å². The van der Waals surface area contributed by atoms with Crippen molar-refractivity contribution in [3.8, 4) is 5.69 Å². The highest BCUT2D eigenvalue weighted by atomic mass is 15.3. The van der Waals surface area contributed by atoms with Crippen molar-refractivity contribution in [1.82, 2.24) is 14.8 Å². The minimum Gasteiger partial charge on any atom is -0.262 e. The van der Waals surface area contributed by atoms with Crippen LogP contribution in [0.15, 0.2) is 48.9 Å². The molecule has 78 valence electrons. The van der Waals surface area contributed by atoms with Crippen LogP contribution in [0.5, 0.6) is 0 Å². The molecular formula is C13H11N3. The highest BCUT2D eigenvalue weighted by Gasteiger charge is 2.01. The molecule has 2 heterocycles. The van der Waals surface area contributed by atoms with E-state index in [4.69, 9.17) is 0 Å². The topological polar surface area (TPSA) is 30.7 Å². The molecule has 0 atom stereocenters. The van der Waals surface area contributed by atoms with Crippen molar-refractivity contribution in [3.63, 3.8) is 0 Å². The maximum absolute atomic E-state index is 4.50. The first-order valence-electron chi connectivity index (χ1n) is 5.19. The molecule has 0 spiro atoms. The summed E-state index contributed by atoms with van der Waals surface area (Å²) in [6.45, 7) is 2.03. The fourth-order valence-corrected chi connectivity index (χ4v) is 1.76. The van der Waals surface area contributed by atoms with E-state index in [-0.39, 0.29) is 0 Å². The lowest BCUT2D eigenvalue weighted by molar-refractivity contribution is 0.887. The highest BCUT2D eigenvalue weighted by Crippen LogP contribution is 2.15. The van der Waals surface area contributed by atoms with E-state index in [9.17, 15) is 0 Å². The Morgan fingerprint density at radius 3 is 2.81 bits per heavy atom. The molecule has 1 aromatic carbocycles. The van der Waals surface area contributed by atoms with Crippen LogP contribution in [0.1, 0.15) is 5.56 Å². The molecule has 0 amide bonds. The monoisotopic (exact) mass is 209 g/mol. The van der Waals surface area contributed by atoms with Crippen molar-refractivity contribution in [2.45, 2.75) is 6.92 Å². The van der Waals surface area contributed by atoms with Gasteiger partial charge in [0.15, 0.2) is 0 Å². The Morgan fingerprint density at radius 2 is 2.00 bits per heavy atom. The standard InChI is InChI=1S/C13H11N3/c1-10-6-12(8-14-7-10)16-9-11-4-2-3-5-13(11)15-16/h2-9H,1H3. The van der Waals surface area contributed by atoms with Gasteiger partial charge in [-0.1, -0.05) is 18.2 Å². The van der Waals surface area contributed by atoms with E-state index < -0.39 is 0 Å². The summed E-state index contributed by atoms with van der Waals surface area (Å²) in [5.41, 5.74) is 3.14. The van der Waals surface area contributed by atoms with Crippen molar-refractivity contribution in [1.29, 1.82) is 0 Å². The molecule has 3 heteroatoms. The molecule has 0 radical (unpaired) electrons. The van der Waals surface area contributed by atoms with Crippen LogP contribution in [0.3, 0.4) is 0 Å². The van der Waals surface area contributed by atoms with Gasteiger partial charge in [0.2, 0.25) is 0 Å². The van der Waals surface area contributed by atoms with E-state index in [0.717, 1.165) is 22.2 Å². The number of hydrogen-bond donors (Lipinski definition) is 0. The summed E-state index contributed by atoms with van der Waals surface area (Å²) in [7, 11) is 0. The lowest BCUT2D eigenvalue weighted by Crippen LogP contribution is -1.95. The minimum atomic E-state index is 0.996. The van der Waals surface area contributed by atoms with Gasteiger partial charge < -0.3 is 0 Å². The predicted octanol–water partition coefficient (Wildman–Crippen LogP) is 2.73. The molecule has 16 heavy (non-hydrogen) atoms. The number of rotatable bonds is 1. The Bertz CT molecular complexity index is 607. The summed E-state index contributed by atoms with van der Waals surface area (Å²) in [6.07, 6.45) is 5.68. The van der Waals surface area contributed by atoms with Crippen LogP contribution in [0.4, 0.5) is 0 Å². The van der Waals surface area contributed by atoms with Gasteiger partial charge in [0.05, 0.1) is 17.4 Å². The third-order valence-corrected chi connectivity index (χ3v) is 2.54. The van der Waals surface area contributed by atoms with Gasteiger partial charge >= 0.3 is 0 Å². The van der Waals surface area contributed by atoms with Crippen LogP contribution in [-0.2, 0) is 0 Å². The Hall–Kier alpha value is -2.16. The number of hydrogen-bond acceptors (Lipinski definition) is 2. The van der Waals surface area contributed by atoms with E-state index in [1.54, 1.807) is 0 Å². The number of aromatic nitrogens is 3. The highest BCUT2D eigenvalue weighted by molar-refractivity contribution is 5.78. The molecule has 0 saturated carbocycles. The summed E-state index contributed by atoms with van der Waals surface area (Å²) in [4.78, 5) is 4.17. The molecule has 0 aliphatic heterocycles. The average molecular weight is 209 g/mol. The summed E-state index contributed by atoms with van der Waals surface area (Å²) < 4.78 is 1.87. The zero-order chi connectivity index (χ0) is 11.0. The quantitative estimate of drug-likeness (QED) is 0.617. The molecule has 0 bridgehead atoms. The lowest BCUT2D eigenvalue weighted by atomic mass is 10.3. The third kappa shape index (κ3) is 1.46. The van der Waals surface area contributed by atoms with Gasteiger partial charge in [-0.3, -0.25) is 4.98 Å². The Morgan fingerprint density at radius 1 is 1.12 bits per heavy atom. The second-order valence-corrected chi connectivity index (χ2v) is 3.85. The van der Waals surface area contributed by atoms with E-state index >= 15 is 0 Å². The Kier molecular flexibility index (Phi) is 1.96. The van der Waals surface area contributed by atoms with Gasteiger partial charge in [-0.2, -0.15) is 5.10 Å². The number of benzene rings is 1. The number of nitrogens with zero attached hydrogens (tertiary/aromatic N) is 3. The van der Waals surface area contributed by atoms with Gasteiger partial charge in [-0.15, -0.1) is 0 Å². The van der Waals surface area contributed by atoms with Gasteiger partial charge in [0, 0.05) is 17.8 Å². The first kappa shape index (κ1) is 9.09. The molecule has 3 aromatic rings. The van der Waals surface area contributed by atoms with Gasteiger partial charge in [-0.05, 0) is 24.6 Å². The largest absolute Gasteiger partial charge is 0.262 e. The fraction of sp³-hybridized carbons (Fsp3) is 0.0769. The van der Waals surface area contributed by atoms with Crippen molar-refractivity contribution in [2.24, 2.45) is 0 Å². The maximum Gasteiger partial charge on any atom is 0.0927 e. The Labute approximate surface area is 93.4 Å². The van der Waals surface area contributed by atoms with Crippen LogP contribution in [0, 0.1) is 6.92 Å². The molecule has 2 aromatic heterocycles. The van der Waals surface area contributed by atoms with Gasteiger partial charge in [0.25, 0.3) is 0 Å². The summed E-state index contributed by atoms with van der Waals surface area (Å²) in [5, 5.41) is 5.64. The predicted molar refractivity (Wildman–Crippen MR) is 63.6 cm³/mol. The van der Waals surface area contributed by atoms with Crippen molar-refractivity contribution < 1.29 is 0 Å². The molecule has 0 unspecified atom stereocenters. The second-order valence-electron chi connectivity index (χ2n) is 3.85. The normalized spacial score (nSPS) is 10.8. The summed E-state index contributed by atoms with van der Waals surface area (Å²) in [5.74, 6) is 0. The minimum absolute atomic E-state index is 0.996. The molecule has 0 N–H and O–H groups in total. The molecule has 3 nitrogen and oxygen atoms in total. The number of fused-ring (bicyclic) bond motifs is 1. The molecule has 0 fully saturated rings. The first-order valence-corrected chi connectivity index (χ1v) is 5.19. The average Bonchev–Trinajstić information content (AvgIpc) is 2.72. The molecule has 0 aliphatic carbocycles. The summed E-state index contributed by atoms with van der Waals surface area (Å²) in [6, 6.07) is 10.1. The number of pyridine rings is 1. The second kappa shape index (κ2) is 3.45. The molecule has 0 saturated heterocycles. The van der Waals surface area contributed by atoms with Gasteiger partial charge in [-0.25, -0.2) is 4.68 Å². The van der Waals surface area contributed by atoms with E-state index in [0.29, 0.717) is 0 Å². The van der Waals surface area contributed by atoms with Crippen molar-refractivity contribution in [3.05, 3.63) is 54.5 Å². The van der Waals surface area contributed by atoms with Crippen LogP contribution >= 0.6 is 0 Å². The zero-order valence-electron chi connectivity index (χ0n) is 8.96. The van der Waals surface area contributed by atoms with E-state index in [1.165, 1.54) is 0 Å². The van der Waals surface area contributed by atoms with Crippen LogP contribution in [-0.4, -0.2) is 14.8 Å². The van der Waals surface area contributed by atoms with E-state index in [2.05, 4.69) is 22.2 Å². The SMILES string of the molecule is Cc1cncc(-n2cc3ccccc3n2)c1. The smallest absolute Gasteiger partial charge is 0.0927 e. The summed E-state index contributed by atoms with van der Waals surface area (Å²) >= 11 is 0. The van der Waals surface area contributed by atoms with Crippen LogP contribution in [0.25, 0.3) is 16.6 Å². The van der Waals surface area contributed by atoms with Crippen LogP contribution in [0.2, 0.25) is 0 Å². The van der Waals surface area contributed by atoms with Crippen LogP contribution < -0.4 is 0 Å². The van der Waals surface area contributed by atoms with E-state index in [1.807, 2.05) is 48.4 Å². The molecular weight excluding hydrogens is 198 g/mol. The molecule has 0 aliphatic rings.